The van der Waals surface area contributed by atoms with Crippen LogP contribution in [0, 0.1) is 0 Å². The Hall–Kier alpha value is -1.77. The quantitative estimate of drug-likeness (QED) is 0.646. The van der Waals surface area contributed by atoms with Crippen molar-refractivity contribution in [2.45, 2.75) is 37.8 Å². The summed E-state index contributed by atoms with van der Waals surface area (Å²) >= 11 is 0. The van der Waals surface area contributed by atoms with Crippen LogP contribution in [0.4, 0.5) is 5.82 Å². The van der Waals surface area contributed by atoms with Gasteiger partial charge in [0.15, 0.2) is 5.82 Å². The first-order valence-electron chi connectivity index (χ1n) is 5.84. The molecule has 2 aromatic heterocycles. The van der Waals surface area contributed by atoms with Crippen molar-refractivity contribution in [3.05, 3.63) is 12.0 Å². The number of anilines is 1. The van der Waals surface area contributed by atoms with Crippen LogP contribution in [0.1, 0.15) is 25.6 Å². The number of nitrogen functional groups attached to an aromatic ring is 1. The summed E-state index contributed by atoms with van der Waals surface area (Å²) in [6.07, 6.45) is -1.11. The highest BCUT2D eigenvalue weighted by Gasteiger charge is 2.52. The number of aromatic nitrogens is 3. The third-order valence-corrected chi connectivity index (χ3v) is 3.48. The van der Waals surface area contributed by atoms with Crippen molar-refractivity contribution in [2.24, 2.45) is 0 Å². The van der Waals surface area contributed by atoms with E-state index in [-0.39, 0.29) is 11.4 Å². The van der Waals surface area contributed by atoms with Crippen molar-refractivity contribution in [3.63, 3.8) is 0 Å². The van der Waals surface area contributed by atoms with Crippen molar-refractivity contribution in [2.75, 3.05) is 5.73 Å². The van der Waals surface area contributed by atoms with Crippen LogP contribution in [0.3, 0.4) is 0 Å². The Morgan fingerprint density at radius 1 is 1.42 bits per heavy atom. The number of aliphatic hydroxyl groups excluding tert-OH is 1. The number of fused-ring (bicyclic) bond motifs is 1. The van der Waals surface area contributed by atoms with E-state index >= 15 is 0 Å². The molecule has 1 saturated heterocycles. The molecule has 19 heavy (non-hydrogen) atoms. The number of rotatable bonds is 1. The van der Waals surface area contributed by atoms with Gasteiger partial charge in [-0.05, 0) is 13.8 Å². The minimum atomic E-state index is -1.48. The lowest BCUT2D eigenvalue weighted by atomic mass is 9.91. The maximum atomic E-state index is 10.4. The maximum Gasteiger partial charge on any atom is 0.227 e. The molecule has 2 aromatic rings. The van der Waals surface area contributed by atoms with Crippen LogP contribution in [0.25, 0.3) is 11.1 Å². The molecule has 0 bridgehead atoms. The predicted octanol–water partition coefficient (Wildman–Crippen LogP) is -0.228. The van der Waals surface area contributed by atoms with E-state index in [9.17, 15) is 10.2 Å². The second-order valence-electron chi connectivity index (χ2n) is 4.90. The summed E-state index contributed by atoms with van der Waals surface area (Å²) in [6.45, 7) is 3.15. The van der Waals surface area contributed by atoms with Crippen LogP contribution in [-0.4, -0.2) is 43.1 Å². The zero-order chi connectivity index (χ0) is 13.8. The van der Waals surface area contributed by atoms with Gasteiger partial charge in [-0.15, -0.1) is 0 Å². The molecule has 8 nitrogen and oxygen atoms in total. The zero-order valence-electron chi connectivity index (χ0n) is 10.4. The van der Waals surface area contributed by atoms with E-state index in [1.54, 1.807) is 6.92 Å². The first-order valence-corrected chi connectivity index (χ1v) is 5.84. The lowest BCUT2D eigenvalue weighted by Gasteiger charge is -2.24. The van der Waals surface area contributed by atoms with Gasteiger partial charge in [-0.25, -0.2) is 9.97 Å². The van der Waals surface area contributed by atoms with E-state index in [2.05, 4.69) is 15.1 Å². The van der Waals surface area contributed by atoms with E-state index < -0.39 is 23.9 Å². The largest absolute Gasteiger partial charge is 0.387 e. The summed E-state index contributed by atoms with van der Waals surface area (Å²) in [7, 11) is 0. The molecule has 3 rings (SSSR count). The number of ether oxygens (including phenoxy) is 1. The molecule has 1 fully saturated rings. The Morgan fingerprint density at radius 3 is 2.79 bits per heavy atom. The molecule has 0 aliphatic carbocycles. The summed E-state index contributed by atoms with van der Waals surface area (Å²) in [5.41, 5.74) is 5.09. The average Bonchev–Trinajstić information content (AvgIpc) is 2.86. The molecular formula is C11H14N4O4. The fourth-order valence-corrected chi connectivity index (χ4v) is 2.37. The van der Waals surface area contributed by atoms with Crippen molar-refractivity contribution < 1.29 is 19.5 Å². The van der Waals surface area contributed by atoms with Gasteiger partial charge in [-0.3, -0.25) is 0 Å². The molecule has 0 radical (unpaired) electrons. The van der Waals surface area contributed by atoms with Crippen LogP contribution in [0.15, 0.2) is 10.9 Å². The first kappa shape index (κ1) is 12.3. The summed E-state index contributed by atoms with van der Waals surface area (Å²) in [5, 5.41) is 24.1. The normalized spacial score (nSPS) is 35.1. The second-order valence-corrected chi connectivity index (χ2v) is 4.90. The summed E-state index contributed by atoms with van der Waals surface area (Å²) in [4.78, 5) is 7.84. The number of aliphatic hydroxyl groups is 2. The van der Waals surface area contributed by atoms with Crippen molar-refractivity contribution in [1.82, 2.24) is 15.1 Å². The second kappa shape index (κ2) is 3.86. The Morgan fingerprint density at radius 2 is 2.16 bits per heavy atom. The maximum absolute atomic E-state index is 10.4. The number of hydrogen-bond donors (Lipinski definition) is 3. The molecule has 0 aromatic carbocycles. The van der Waals surface area contributed by atoms with Gasteiger partial charge in [0.1, 0.15) is 35.3 Å². The zero-order valence-corrected chi connectivity index (χ0v) is 10.4. The van der Waals surface area contributed by atoms with E-state index in [0.717, 1.165) is 0 Å². The van der Waals surface area contributed by atoms with Gasteiger partial charge in [0, 0.05) is 0 Å². The molecule has 4 N–H and O–H groups in total. The Labute approximate surface area is 108 Å². The van der Waals surface area contributed by atoms with Gasteiger partial charge < -0.3 is 25.2 Å². The summed E-state index contributed by atoms with van der Waals surface area (Å²) in [5.74, 6) is 0.162. The van der Waals surface area contributed by atoms with Gasteiger partial charge in [-0.2, -0.15) is 0 Å². The Kier molecular flexibility index (Phi) is 2.49. The minimum Gasteiger partial charge on any atom is -0.387 e. The number of nitrogens with two attached hydrogens (primary N) is 1. The molecule has 3 heterocycles. The Bertz CT molecular complexity index is 626. The van der Waals surface area contributed by atoms with Crippen LogP contribution < -0.4 is 5.73 Å². The summed E-state index contributed by atoms with van der Waals surface area (Å²) in [6, 6.07) is 0. The molecule has 8 heteroatoms. The standard InChI is InChI=1S/C11H14N4O4/c1-4-8(16)11(2,17)9(18-4)6-5-7(19-15-6)10(12)14-3-13-5/h3-4,8-9,16-17H,1-2H3,(H2,12,13,14)/t4-,8-,9+,11-/m1/s1. The third kappa shape index (κ3) is 1.61. The van der Waals surface area contributed by atoms with Crippen molar-refractivity contribution in [3.8, 4) is 0 Å². The van der Waals surface area contributed by atoms with E-state index in [1.165, 1.54) is 13.3 Å². The highest BCUT2D eigenvalue weighted by Crippen LogP contribution is 2.42. The molecule has 1 aliphatic rings. The van der Waals surface area contributed by atoms with Crippen molar-refractivity contribution >= 4 is 16.9 Å². The molecule has 0 saturated carbocycles. The average molecular weight is 266 g/mol. The van der Waals surface area contributed by atoms with Crippen LogP contribution >= 0.6 is 0 Å². The van der Waals surface area contributed by atoms with Crippen LogP contribution in [-0.2, 0) is 4.74 Å². The highest BCUT2D eigenvalue weighted by atomic mass is 16.6. The van der Waals surface area contributed by atoms with Crippen molar-refractivity contribution in [1.29, 1.82) is 0 Å². The monoisotopic (exact) mass is 266 g/mol. The molecule has 4 atom stereocenters. The topological polar surface area (TPSA) is 128 Å². The molecule has 1 aliphatic heterocycles. The molecular weight excluding hydrogens is 252 g/mol. The number of hydrogen-bond acceptors (Lipinski definition) is 8. The first-order chi connectivity index (χ1) is 8.93. The smallest absolute Gasteiger partial charge is 0.227 e. The van der Waals surface area contributed by atoms with Gasteiger partial charge in [0.05, 0.1) is 6.10 Å². The molecule has 0 unspecified atom stereocenters. The highest BCUT2D eigenvalue weighted by molar-refractivity contribution is 5.83. The van der Waals surface area contributed by atoms with E-state index in [1.807, 2.05) is 0 Å². The molecule has 102 valence electrons. The molecule has 0 amide bonds. The molecule has 0 spiro atoms. The fraction of sp³-hybridized carbons (Fsp3) is 0.545. The fourth-order valence-electron chi connectivity index (χ4n) is 2.37. The lowest BCUT2D eigenvalue weighted by molar-refractivity contribution is -0.0663. The lowest BCUT2D eigenvalue weighted by Crippen LogP contribution is -2.41. The Balaban J connectivity index is 2.13. The van der Waals surface area contributed by atoms with Gasteiger partial charge in [-0.1, -0.05) is 5.16 Å². The van der Waals surface area contributed by atoms with Gasteiger partial charge in [0.2, 0.25) is 5.58 Å². The minimum absolute atomic E-state index is 0.162. The van der Waals surface area contributed by atoms with E-state index in [4.69, 9.17) is 15.0 Å². The summed E-state index contributed by atoms with van der Waals surface area (Å²) < 4.78 is 10.6. The van der Waals surface area contributed by atoms with Crippen LogP contribution in [0.2, 0.25) is 0 Å². The van der Waals surface area contributed by atoms with Gasteiger partial charge >= 0.3 is 0 Å². The van der Waals surface area contributed by atoms with Gasteiger partial charge in [0.25, 0.3) is 0 Å². The van der Waals surface area contributed by atoms with Crippen LogP contribution in [0.5, 0.6) is 0 Å². The van der Waals surface area contributed by atoms with E-state index in [0.29, 0.717) is 11.2 Å². The SMILES string of the molecule is C[C@H]1O[C@@H](c2noc3c(N)ncnc23)[C@](C)(O)[C@@H]1O. The predicted molar refractivity (Wildman–Crippen MR) is 63.9 cm³/mol. The third-order valence-electron chi connectivity index (χ3n) is 3.48. The number of nitrogens with zero attached hydrogens (tertiary/aromatic N) is 3.